The fourth-order valence-corrected chi connectivity index (χ4v) is 2.63. The first kappa shape index (κ1) is 15.0. The van der Waals surface area contributed by atoms with E-state index in [1.54, 1.807) is 4.68 Å². The van der Waals surface area contributed by atoms with Crippen molar-refractivity contribution in [3.63, 3.8) is 0 Å². The maximum absolute atomic E-state index is 12.4. The smallest absolute Gasteiger partial charge is 0.272 e. The van der Waals surface area contributed by atoms with E-state index >= 15 is 0 Å². The lowest BCUT2D eigenvalue weighted by Crippen LogP contribution is -2.49. The number of nitrogens with zero attached hydrogens (tertiary/aromatic N) is 4. The van der Waals surface area contributed by atoms with Crippen molar-refractivity contribution in [2.45, 2.75) is 19.8 Å². The number of unbranched alkanes of at least 4 members (excludes halogenated alkanes) is 1. The Labute approximate surface area is 120 Å². The van der Waals surface area contributed by atoms with Gasteiger partial charge in [-0.1, -0.05) is 0 Å². The monoisotopic (exact) mass is 279 g/mol. The van der Waals surface area contributed by atoms with Crippen LogP contribution in [0.1, 0.15) is 29.0 Å². The number of rotatable bonds is 5. The second kappa shape index (κ2) is 6.85. The maximum Gasteiger partial charge on any atom is 0.272 e. The van der Waals surface area contributed by atoms with Crippen molar-refractivity contribution in [1.82, 2.24) is 19.6 Å². The Kier molecular flexibility index (Phi) is 5.14. The Bertz CT molecular complexity index is 448. The van der Waals surface area contributed by atoms with Crippen LogP contribution in [0.15, 0.2) is 6.07 Å². The summed E-state index contributed by atoms with van der Waals surface area (Å²) in [6.07, 6.45) is 2.22. The molecule has 2 heterocycles. The van der Waals surface area contributed by atoms with Crippen molar-refractivity contribution in [3.05, 3.63) is 17.5 Å². The van der Waals surface area contributed by atoms with Crippen molar-refractivity contribution in [3.8, 4) is 0 Å². The van der Waals surface area contributed by atoms with Crippen LogP contribution in [0.25, 0.3) is 0 Å². The van der Waals surface area contributed by atoms with Gasteiger partial charge < -0.3 is 10.6 Å². The predicted molar refractivity (Wildman–Crippen MR) is 78.6 cm³/mol. The highest BCUT2D eigenvalue weighted by Crippen LogP contribution is 2.10. The third-order valence-corrected chi connectivity index (χ3v) is 3.81. The van der Waals surface area contributed by atoms with Crippen LogP contribution >= 0.6 is 0 Å². The van der Waals surface area contributed by atoms with Gasteiger partial charge in [-0.25, -0.2) is 0 Å². The van der Waals surface area contributed by atoms with E-state index in [2.05, 4.69) is 10.00 Å². The van der Waals surface area contributed by atoms with Crippen LogP contribution in [0.2, 0.25) is 0 Å². The normalized spacial score (nSPS) is 16.6. The van der Waals surface area contributed by atoms with Crippen molar-refractivity contribution >= 4 is 5.91 Å². The molecule has 1 aliphatic heterocycles. The number of piperazine rings is 1. The fraction of sp³-hybridized carbons (Fsp3) is 0.714. The molecule has 0 radical (unpaired) electrons. The third-order valence-electron chi connectivity index (χ3n) is 3.81. The van der Waals surface area contributed by atoms with Crippen molar-refractivity contribution in [2.24, 2.45) is 12.8 Å². The fourth-order valence-electron chi connectivity index (χ4n) is 2.63. The van der Waals surface area contributed by atoms with Gasteiger partial charge in [-0.3, -0.25) is 14.4 Å². The summed E-state index contributed by atoms with van der Waals surface area (Å²) in [5.41, 5.74) is 7.07. The summed E-state index contributed by atoms with van der Waals surface area (Å²) in [6, 6.07) is 1.86. The molecular weight excluding hydrogens is 254 g/mol. The van der Waals surface area contributed by atoms with E-state index in [-0.39, 0.29) is 5.91 Å². The second-order valence-corrected chi connectivity index (χ2v) is 5.42. The quantitative estimate of drug-likeness (QED) is 0.783. The van der Waals surface area contributed by atoms with Gasteiger partial charge in [-0.05, 0) is 38.9 Å². The summed E-state index contributed by atoms with van der Waals surface area (Å²) in [5, 5.41) is 4.24. The Morgan fingerprint density at radius 1 is 1.30 bits per heavy atom. The lowest BCUT2D eigenvalue weighted by atomic mass is 10.2. The minimum atomic E-state index is 0.0923. The van der Waals surface area contributed by atoms with E-state index in [4.69, 9.17) is 5.73 Å². The number of carbonyl (C=O) groups is 1. The molecule has 0 aromatic carbocycles. The van der Waals surface area contributed by atoms with Gasteiger partial charge >= 0.3 is 0 Å². The molecule has 6 heteroatoms. The Hall–Kier alpha value is -1.40. The van der Waals surface area contributed by atoms with Gasteiger partial charge in [-0.2, -0.15) is 5.10 Å². The maximum atomic E-state index is 12.4. The topological polar surface area (TPSA) is 67.4 Å². The van der Waals surface area contributed by atoms with E-state index in [9.17, 15) is 4.79 Å². The highest BCUT2D eigenvalue weighted by Gasteiger charge is 2.23. The predicted octanol–water partition coefficient (Wildman–Crippen LogP) is 0.225. The Balaban J connectivity index is 1.84. The average Bonchev–Trinajstić information content (AvgIpc) is 2.78. The van der Waals surface area contributed by atoms with Crippen LogP contribution < -0.4 is 5.73 Å². The summed E-state index contributed by atoms with van der Waals surface area (Å²) in [7, 11) is 1.82. The first-order valence-corrected chi connectivity index (χ1v) is 7.34. The average molecular weight is 279 g/mol. The van der Waals surface area contributed by atoms with Gasteiger partial charge in [0, 0.05) is 33.2 Å². The zero-order valence-corrected chi connectivity index (χ0v) is 12.5. The first-order valence-electron chi connectivity index (χ1n) is 7.34. The molecule has 20 heavy (non-hydrogen) atoms. The molecule has 0 unspecified atom stereocenters. The largest absolute Gasteiger partial charge is 0.335 e. The van der Waals surface area contributed by atoms with Crippen LogP contribution in [0, 0.1) is 6.92 Å². The molecular formula is C14H25N5O. The van der Waals surface area contributed by atoms with Gasteiger partial charge in [0.05, 0.1) is 5.69 Å². The zero-order chi connectivity index (χ0) is 14.5. The van der Waals surface area contributed by atoms with Gasteiger partial charge in [-0.15, -0.1) is 0 Å². The molecule has 1 fully saturated rings. The molecule has 6 nitrogen and oxygen atoms in total. The van der Waals surface area contributed by atoms with E-state index in [1.807, 2.05) is 24.9 Å². The summed E-state index contributed by atoms with van der Waals surface area (Å²) < 4.78 is 1.67. The molecule has 2 N–H and O–H groups in total. The molecule has 1 saturated heterocycles. The zero-order valence-electron chi connectivity index (χ0n) is 12.5. The first-order chi connectivity index (χ1) is 9.61. The molecule has 1 aromatic rings. The van der Waals surface area contributed by atoms with Crippen LogP contribution in [0.3, 0.4) is 0 Å². The van der Waals surface area contributed by atoms with Gasteiger partial charge in [0.15, 0.2) is 0 Å². The number of amides is 1. The molecule has 0 bridgehead atoms. The molecule has 1 aromatic heterocycles. The highest BCUT2D eigenvalue weighted by molar-refractivity contribution is 5.92. The molecule has 0 spiro atoms. The lowest BCUT2D eigenvalue weighted by molar-refractivity contribution is 0.0625. The van der Waals surface area contributed by atoms with Crippen LogP contribution in [0.5, 0.6) is 0 Å². The number of nitrogens with two attached hydrogens (primary N) is 1. The number of carbonyl (C=O) groups excluding carboxylic acids is 1. The van der Waals surface area contributed by atoms with Crippen LogP contribution in [-0.2, 0) is 7.05 Å². The summed E-state index contributed by atoms with van der Waals surface area (Å²) in [5.74, 6) is 0.0923. The van der Waals surface area contributed by atoms with E-state index < -0.39 is 0 Å². The SMILES string of the molecule is Cc1cc(C(=O)N2CCN(CCCCN)CC2)n(C)n1. The van der Waals surface area contributed by atoms with Crippen LogP contribution in [-0.4, -0.2) is 64.8 Å². The molecule has 0 aliphatic carbocycles. The van der Waals surface area contributed by atoms with E-state index in [0.29, 0.717) is 5.69 Å². The summed E-state index contributed by atoms with van der Waals surface area (Å²) in [6.45, 7) is 7.26. The van der Waals surface area contributed by atoms with Crippen molar-refractivity contribution in [2.75, 3.05) is 39.3 Å². The van der Waals surface area contributed by atoms with Gasteiger partial charge in [0.1, 0.15) is 5.69 Å². The summed E-state index contributed by atoms with van der Waals surface area (Å²) in [4.78, 5) is 16.8. The molecule has 1 amide bonds. The molecule has 112 valence electrons. The van der Waals surface area contributed by atoms with Gasteiger partial charge in [0.2, 0.25) is 0 Å². The summed E-state index contributed by atoms with van der Waals surface area (Å²) >= 11 is 0. The van der Waals surface area contributed by atoms with Crippen molar-refractivity contribution < 1.29 is 4.79 Å². The molecule has 1 aliphatic rings. The molecule has 2 rings (SSSR count). The Morgan fingerprint density at radius 2 is 2.00 bits per heavy atom. The van der Waals surface area contributed by atoms with E-state index in [0.717, 1.165) is 57.8 Å². The highest BCUT2D eigenvalue weighted by atomic mass is 16.2. The molecule has 0 saturated carbocycles. The van der Waals surface area contributed by atoms with Gasteiger partial charge in [0.25, 0.3) is 5.91 Å². The number of aromatic nitrogens is 2. The molecule has 0 atom stereocenters. The number of hydrogen-bond acceptors (Lipinski definition) is 4. The third kappa shape index (κ3) is 3.58. The number of aryl methyl sites for hydroxylation is 2. The minimum absolute atomic E-state index is 0.0923. The van der Waals surface area contributed by atoms with Crippen LogP contribution in [0.4, 0.5) is 0 Å². The number of hydrogen-bond donors (Lipinski definition) is 1. The lowest BCUT2D eigenvalue weighted by Gasteiger charge is -2.34. The van der Waals surface area contributed by atoms with E-state index in [1.165, 1.54) is 0 Å². The Morgan fingerprint density at radius 3 is 2.55 bits per heavy atom. The van der Waals surface area contributed by atoms with Crippen molar-refractivity contribution in [1.29, 1.82) is 0 Å². The standard InChI is InChI=1S/C14H25N5O/c1-12-11-13(17(2)16-12)14(20)19-9-7-18(8-10-19)6-4-3-5-15/h11H,3-10,15H2,1-2H3. The second-order valence-electron chi connectivity index (χ2n) is 5.42. The minimum Gasteiger partial charge on any atom is -0.335 e.